The van der Waals surface area contributed by atoms with E-state index in [1.54, 1.807) is 0 Å². The first-order valence-electron chi connectivity index (χ1n) is 14.6. The molecule has 0 rings (SSSR count). The molecule has 0 aromatic carbocycles. The van der Waals surface area contributed by atoms with Gasteiger partial charge in [-0.1, -0.05) is 129 Å². The number of unbranched alkanes of at least 4 members (excludes halogenated alkanes) is 19. The molecule has 0 aromatic rings. The normalized spacial score (nSPS) is 14.3. The Labute approximate surface area is 216 Å². The maximum absolute atomic E-state index is 11.5. The lowest BCUT2D eigenvalue weighted by Gasteiger charge is -2.15. The van der Waals surface area contributed by atoms with Gasteiger partial charge in [-0.3, -0.25) is 9.05 Å². The van der Waals surface area contributed by atoms with Crippen LogP contribution < -0.4 is 5.73 Å². The summed E-state index contributed by atoms with van der Waals surface area (Å²) in [6.07, 6.45) is 26.1. The lowest BCUT2D eigenvalue weighted by atomic mass is 10.0. The van der Waals surface area contributed by atoms with Gasteiger partial charge in [0.05, 0.1) is 19.8 Å². The second-order valence-electron chi connectivity index (χ2n) is 9.83. The Morgan fingerprint density at radius 3 is 1.43 bits per heavy atom. The van der Waals surface area contributed by atoms with Crippen LogP contribution in [0.4, 0.5) is 0 Å². The third-order valence-corrected chi connectivity index (χ3v) is 7.24. The first-order valence-corrected chi connectivity index (χ1v) is 16.1. The van der Waals surface area contributed by atoms with Gasteiger partial charge in [0.15, 0.2) is 0 Å². The minimum Gasteiger partial charge on any atom is -0.388 e. The predicted octanol–water partition coefficient (Wildman–Crippen LogP) is 7.28. The highest BCUT2D eigenvalue weighted by molar-refractivity contribution is 7.47. The summed E-state index contributed by atoms with van der Waals surface area (Å²) in [5, 5.41) is 9.74. The third-order valence-electron chi connectivity index (χ3n) is 6.25. The Morgan fingerprint density at radius 2 is 1.03 bits per heavy atom. The SMILES string of the molecule is CCCCCCCCCCCCCCCCCCCCCCOCC(O)COP(=O)(O)OCCN. The number of aliphatic hydroxyl groups excluding tert-OH is 1. The molecule has 0 saturated heterocycles. The Balaban J connectivity index is 3.21. The van der Waals surface area contributed by atoms with Crippen molar-refractivity contribution in [2.45, 2.75) is 141 Å². The fourth-order valence-corrected chi connectivity index (χ4v) is 4.88. The lowest BCUT2D eigenvalue weighted by molar-refractivity contribution is 0.00230. The Kier molecular flexibility index (Phi) is 27.0. The second-order valence-corrected chi connectivity index (χ2v) is 11.3. The smallest absolute Gasteiger partial charge is 0.388 e. The Hall–Kier alpha value is -0.0100. The van der Waals surface area contributed by atoms with Crippen LogP contribution in [-0.4, -0.2) is 49.1 Å². The van der Waals surface area contributed by atoms with Gasteiger partial charge in [-0.25, -0.2) is 4.57 Å². The first kappa shape index (κ1) is 35.0. The number of phosphoric ester groups is 1. The van der Waals surface area contributed by atoms with Crippen LogP contribution in [-0.2, 0) is 18.3 Å². The molecule has 0 aromatic heterocycles. The molecule has 0 heterocycles. The van der Waals surface area contributed by atoms with Gasteiger partial charge in [-0.15, -0.1) is 0 Å². The van der Waals surface area contributed by atoms with E-state index in [0.717, 1.165) is 12.8 Å². The van der Waals surface area contributed by atoms with Gasteiger partial charge in [0.1, 0.15) is 6.10 Å². The van der Waals surface area contributed by atoms with Crippen LogP contribution in [0.15, 0.2) is 0 Å². The summed E-state index contributed by atoms with van der Waals surface area (Å²) in [7, 11) is -4.14. The van der Waals surface area contributed by atoms with Crippen molar-refractivity contribution in [1.29, 1.82) is 0 Å². The molecule has 0 aliphatic heterocycles. The molecule has 8 heteroatoms. The summed E-state index contributed by atoms with van der Waals surface area (Å²) >= 11 is 0. The van der Waals surface area contributed by atoms with E-state index in [4.69, 9.17) is 15.0 Å². The van der Waals surface area contributed by atoms with Crippen molar-refractivity contribution < 1.29 is 28.3 Å². The van der Waals surface area contributed by atoms with Crippen molar-refractivity contribution in [1.82, 2.24) is 0 Å². The van der Waals surface area contributed by atoms with Crippen LogP contribution in [0.2, 0.25) is 0 Å². The molecule has 0 spiro atoms. The zero-order chi connectivity index (χ0) is 25.9. The lowest BCUT2D eigenvalue weighted by Crippen LogP contribution is -2.22. The quantitative estimate of drug-likeness (QED) is 0.0698. The molecule has 4 N–H and O–H groups in total. The molecule has 0 aliphatic rings. The molecule has 0 radical (unpaired) electrons. The molecule has 7 nitrogen and oxygen atoms in total. The standard InChI is InChI=1S/C27H58NO6P/c1-2-3-4-5-6-7-8-9-10-11-12-13-14-15-16-17-18-19-20-21-23-32-25-27(29)26-34-35(30,31)33-24-22-28/h27,29H,2-26,28H2,1H3,(H,30,31). The summed E-state index contributed by atoms with van der Waals surface area (Å²) < 4.78 is 26.2. The van der Waals surface area contributed by atoms with Gasteiger partial charge >= 0.3 is 7.82 Å². The molecular weight excluding hydrogens is 465 g/mol. The van der Waals surface area contributed by atoms with Crippen molar-refractivity contribution in [3.63, 3.8) is 0 Å². The average Bonchev–Trinajstić information content (AvgIpc) is 2.84. The van der Waals surface area contributed by atoms with Gasteiger partial charge < -0.3 is 20.5 Å². The molecule has 2 atom stereocenters. The number of phosphoric acid groups is 1. The van der Waals surface area contributed by atoms with Crippen LogP contribution in [0.3, 0.4) is 0 Å². The van der Waals surface area contributed by atoms with Crippen LogP contribution in [0.5, 0.6) is 0 Å². The van der Waals surface area contributed by atoms with Crippen LogP contribution in [0, 0.1) is 0 Å². The number of ether oxygens (including phenoxy) is 1. The molecule has 0 fully saturated rings. The number of aliphatic hydroxyl groups is 1. The molecule has 2 unspecified atom stereocenters. The van der Waals surface area contributed by atoms with Crippen molar-refractivity contribution in [2.24, 2.45) is 5.73 Å². The van der Waals surface area contributed by atoms with Crippen molar-refractivity contribution >= 4 is 7.82 Å². The fraction of sp³-hybridized carbons (Fsp3) is 1.00. The molecular formula is C27H58NO6P. The highest BCUT2D eigenvalue weighted by Crippen LogP contribution is 2.42. The molecule has 0 bridgehead atoms. The van der Waals surface area contributed by atoms with E-state index < -0.39 is 13.9 Å². The van der Waals surface area contributed by atoms with Crippen LogP contribution in [0.25, 0.3) is 0 Å². The molecule has 212 valence electrons. The molecule has 35 heavy (non-hydrogen) atoms. The summed E-state index contributed by atoms with van der Waals surface area (Å²) in [5.74, 6) is 0. The Bertz CT molecular complexity index is 469. The van der Waals surface area contributed by atoms with E-state index in [1.807, 2.05) is 0 Å². The number of nitrogens with two attached hydrogens (primary N) is 1. The minimum absolute atomic E-state index is 0.0696. The van der Waals surface area contributed by atoms with E-state index >= 15 is 0 Å². The predicted molar refractivity (Wildman–Crippen MR) is 146 cm³/mol. The third kappa shape index (κ3) is 28.4. The van der Waals surface area contributed by atoms with E-state index in [2.05, 4.69) is 11.4 Å². The first-order chi connectivity index (χ1) is 17.0. The van der Waals surface area contributed by atoms with Gasteiger partial charge in [0, 0.05) is 13.2 Å². The molecule has 0 aliphatic carbocycles. The maximum atomic E-state index is 11.5. The monoisotopic (exact) mass is 523 g/mol. The van der Waals surface area contributed by atoms with Gasteiger partial charge in [-0.05, 0) is 6.42 Å². The highest BCUT2D eigenvalue weighted by atomic mass is 31.2. The summed E-state index contributed by atoms with van der Waals surface area (Å²) in [6, 6.07) is 0. The highest BCUT2D eigenvalue weighted by Gasteiger charge is 2.22. The van der Waals surface area contributed by atoms with Crippen molar-refractivity contribution in [2.75, 3.05) is 33.0 Å². The molecule has 0 saturated carbocycles. The zero-order valence-corrected chi connectivity index (χ0v) is 23.7. The van der Waals surface area contributed by atoms with Crippen LogP contribution >= 0.6 is 7.82 Å². The van der Waals surface area contributed by atoms with Gasteiger partial charge in [0.2, 0.25) is 0 Å². The maximum Gasteiger partial charge on any atom is 0.472 e. The Morgan fingerprint density at radius 1 is 0.629 bits per heavy atom. The minimum atomic E-state index is -4.14. The van der Waals surface area contributed by atoms with E-state index in [0.29, 0.717) is 6.61 Å². The van der Waals surface area contributed by atoms with E-state index in [-0.39, 0.29) is 26.4 Å². The van der Waals surface area contributed by atoms with Gasteiger partial charge in [-0.2, -0.15) is 0 Å². The fourth-order valence-electron chi connectivity index (χ4n) is 4.11. The number of hydrogen-bond acceptors (Lipinski definition) is 6. The van der Waals surface area contributed by atoms with Crippen molar-refractivity contribution in [3.05, 3.63) is 0 Å². The second kappa shape index (κ2) is 27.0. The largest absolute Gasteiger partial charge is 0.472 e. The zero-order valence-electron chi connectivity index (χ0n) is 22.8. The summed E-state index contributed by atoms with van der Waals surface area (Å²) in [4.78, 5) is 9.35. The molecule has 0 amide bonds. The number of hydrogen-bond donors (Lipinski definition) is 3. The van der Waals surface area contributed by atoms with Crippen LogP contribution in [0.1, 0.15) is 135 Å². The average molecular weight is 524 g/mol. The van der Waals surface area contributed by atoms with E-state index in [9.17, 15) is 14.6 Å². The summed E-state index contributed by atoms with van der Waals surface area (Å²) in [6.45, 7) is 2.69. The van der Waals surface area contributed by atoms with E-state index in [1.165, 1.54) is 116 Å². The topological polar surface area (TPSA) is 111 Å². The number of rotatable bonds is 29. The van der Waals surface area contributed by atoms with Crippen molar-refractivity contribution in [3.8, 4) is 0 Å². The summed E-state index contributed by atoms with van der Waals surface area (Å²) in [5.41, 5.74) is 5.20. The van der Waals surface area contributed by atoms with Gasteiger partial charge in [0.25, 0.3) is 0 Å².